The van der Waals surface area contributed by atoms with Crippen molar-refractivity contribution >= 4 is 5.78 Å². The van der Waals surface area contributed by atoms with Gasteiger partial charge < -0.3 is 10.2 Å². The highest BCUT2D eigenvalue weighted by Crippen LogP contribution is 2.81. The van der Waals surface area contributed by atoms with Gasteiger partial charge in [0.1, 0.15) is 0 Å². The van der Waals surface area contributed by atoms with Crippen molar-refractivity contribution in [1.29, 1.82) is 0 Å². The van der Waals surface area contributed by atoms with Gasteiger partial charge in [0.15, 0.2) is 5.78 Å². The molecule has 0 unspecified atom stereocenters. The van der Waals surface area contributed by atoms with E-state index in [1.807, 2.05) is 6.08 Å². The number of carbonyl (C=O) groups excluding carboxylic acids is 1. The Balaban J connectivity index is 1.40. The Hall–Kier alpha value is -0.670. The van der Waals surface area contributed by atoms with Crippen LogP contribution < -0.4 is 0 Å². The highest BCUT2D eigenvalue weighted by molar-refractivity contribution is 5.92. The van der Waals surface area contributed by atoms with Crippen LogP contribution in [0, 0.1) is 52.3 Å². The van der Waals surface area contributed by atoms with Crippen LogP contribution >= 0.6 is 0 Å². The monoisotopic (exact) mass is 370 g/mol. The van der Waals surface area contributed by atoms with E-state index in [2.05, 4.69) is 13.8 Å². The van der Waals surface area contributed by atoms with Gasteiger partial charge in [-0.25, -0.2) is 0 Å². The summed E-state index contributed by atoms with van der Waals surface area (Å²) in [5.74, 6) is 5.10. The molecule has 6 aliphatic rings. The third kappa shape index (κ3) is 1.89. The summed E-state index contributed by atoms with van der Waals surface area (Å²) in [7, 11) is 0. The quantitative estimate of drug-likeness (QED) is 0.796. The van der Waals surface area contributed by atoms with Gasteiger partial charge in [-0.1, -0.05) is 19.4 Å². The average Bonchev–Trinajstić information content (AvgIpc) is 3.53. The van der Waals surface area contributed by atoms with Crippen LogP contribution in [0.3, 0.4) is 0 Å². The molecule has 6 rings (SSSR count). The lowest BCUT2D eigenvalue weighted by molar-refractivity contribution is -0.155. The molecule has 27 heavy (non-hydrogen) atoms. The summed E-state index contributed by atoms with van der Waals surface area (Å²) in [6.45, 7) is 5.06. The van der Waals surface area contributed by atoms with Crippen LogP contribution in [0.25, 0.3) is 0 Å². The molecule has 0 bridgehead atoms. The lowest BCUT2D eigenvalue weighted by atomic mass is 9.45. The average molecular weight is 371 g/mol. The van der Waals surface area contributed by atoms with Crippen LogP contribution in [0.15, 0.2) is 11.6 Å². The van der Waals surface area contributed by atoms with Crippen molar-refractivity contribution in [2.24, 2.45) is 52.3 Å². The Bertz CT molecular complexity index is 742. The second-order valence-electron chi connectivity index (χ2n) is 11.4. The van der Waals surface area contributed by atoms with Gasteiger partial charge >= 0.3 is 0 Å². The number of aliphatic hydroxyl groups excluding tert-OH is 1. The molecule has 0 amide bonds. The smallest absolute Gasteiger partial charge is 0.155 e. The molecular weight excluding hydrogens is 336 g/mol. The van der Waals surface area contributed by atoms with Crippen LogP contribution in [0.5, 0.6) is 0 Å². The molecule has 0 heterocycles. The SMILES string of the molecule is C[C@]12CCC(=O)C=C1[C@@H]1C[C@@H]1[C@H]1[C@@H]3[C@@H]4C[C@@H]4[C@@](O)(CCCO)[C@@]3(C)CC[C@@H]12. The molecular formula is C24H34O3. The first-order chi connectivity index (χ1) is 12.8. The molecule has 0 saturated heterocycles. The Morgan fingerprint density at radius 1 is 1.15 bits per heavy atom. The first-order valence-electron chi connectivity index (χ1n) is 11.4. The summed E-state index contributed by atoms with van der Waals surface area (Å²) in [4.78, 5) is 12.1. The van der Waals surface area contributed by atoms with Gasteiger partial charge in [0.05, 0.1) is 5.60 Å². The number of rotatable bonds is 3. The molecule has 0 radical (unpaired) electrons. The summed E-state index contributed by atoms with van der Waals surface area (Å²) in [5, 5.41) is 21.2. The maximum atomic E-state index is 12.1. The van der Waals surface area contributed by atoms with Crippen LogP contribution in [0.1, 0.15) is 65.2 Å². The molecule has 10 atom stereocenters. The molecule has 6 aliphatic carbocycles. The molecule has 0 aromatic heterocycles. The van der Waals surface area contributed by atoms with E-state index in [0.717, 1.165) is 43.9 Å². The van der Waals surface area contributed by atoms with E-state index in [0.29, 0.717) is 35.4 Å². The Kier molecular flexibility index (Phi) is 3.24. The summed E-state index contributed by atoms with van der Waals surface area (Å²) in [6, 6.07) is 0. The maximum absolute atomic E-state index is 12.1. The number of carbonyl (C=O) groups is 1. The zero-order valence-corrected chi connectivity index (χ0v) is 16.8. The molecule has 3 nitrogen and oxygen atoms in total. The lowest BCUT2D eigenvalue weighted by Gasteiger charge is -2.60. The number of fused-ring (bicyclic) bond motifs is 10. The summed E-state index contributed by atoms with van der Waals surface area (Å²) >= 11 is 0. The highest BCUT2D eigenvalue weighted by atomic mass is 16.3. The molecule has 0 aliphatic heterocycles. The molecule has 148 valence electrons. The van der Waals surface area contributed by atoms with Crippen molar-refractivity contribution in [3.05, 3.63) is 11.6 Å². The molecule has 0 spiro atoms. The Labute approximate surface area is 162 Å². The maximum Gasteiger partial charge on any atom is 0.155 e. The summed E-state index contributed by atoms with van der Waals surface area (Å²) in [6.07, 6.45) is 10.2. The minimum Gasteiger partial charge on any atom is -0.396 e. The van der Waals surface area contributed by atoms with E-state index in [4.69, 9.17) is 0 Å². The fraction of sp³-hybridized carbons (Fsp3) is 0.875. The number of allylic oxidation sites excluding steroid dienone is 1. The number of ketones is 1. The fourth-order valence-electron chi connectivity index (χ4n) is 9.33. The van der Waals surface area contributed by atoms with E-state index >= 15 is 0 Å². The minimum atomic E-state index is -0.556. The van der Waals surface area contributed by atoms with Gasteiger partial charge in [-0.15, -0.1) is 0 Å². The standard InChI is InChI=1S/C24H34O3/c1-22-7-4-13(26)10-18(22)14-11-15(14)20-17(22)5-8-23(2)21(20)16-12-19(16)24(23,27)6-3-9-25/h10,14-17,19-21,25,27H,3-9,11-12H2,1-2H3/t14-,15+,16-,17+,19+,20-,21+,22-,23+,24+/m1/s1. The number of hydrogen-bond acceptors (Lipinski definition) is 3. The molecule has 5 fully saturated rings. The predicted octanol–water partition coefficient (Wildman–Crippen LogP) is 3.73. The largest absolute Gasteiger partial charge is 0.396 e. The minimum absolute atomic E-state index is 0.0339. The zero-order valence-electron chi connectivity index (χ0n) is 16.8. The second-order valence-corrected chi connectivity index (χ2v) is 11.4. The van der Waals surface area contributed by atoms with Crippen LogP contribution in [0.4, 0.5) is 0 Å². The van der Waals surface area contributed by atoms with E-state index in [1.165, 1.54) is 24.8 Å². The van der Waals surface area contributed by atoms with Gasteiger partial charge in [-0.3, -0.25) is 4.79 Å². The van der Waals surface area contributed by atoms with E-state index in [-0.39, 0.29) is 17.4 Å². The summed E-state index contributed by atoms with van der Waals surface area (Å²) < 4.78 is 0. The third-order valence-electron chi connectivity index (χ3n) is 10.6. The Morgan fingerprint density at radius 3 is 2.74 bits per heavy atom. The molecule has 0 aromatic carbocycles. The van der Waals surface area contributed by atoms with E-state index in [9.17, 15) is 15.0 Å². The van der Waals surface area contributed by atoms with E-state index < -0.39 is 5.60 Å². The van der Waals surface area contributed by atoms with Gasteiger partial charge in [-0.2, -0.15) is 0 Å². The van der Waals surface area contributed by atoms with Crippen molar-refractivity contribution < 1.29 is 15.0 Å². The molecule has 0 aromatic rings. The van der Waals surface area contributed by atoms with Crippen LogP contribution in [-0.4, -0.2) is 28.2 Å². The molecule has 5 saturated carbocycles. The van der Waals surface area contributed by atoms with Crippen molar-refractivity contribution in [3.63, 3.8) is 0 Å². The normalized spacial score (nSPS) is 59.8. The highest BCUT2D eigenvalue weighted by Gasteiger charge is 2.78. The molecule has 3 heteroatoms. The lowest BCUT2D eigenvalue weighted by Crippen LogP contribution is -2.57. The first-order valence-corrected chi connectivity index (χ1v) is 11.4. The third-order valence-corrected chi connectivity index (χ3v) is 10.6. The van der Waals surface area contributed by atoms with Crippen molar-refractivity contribution in [1.82, 2.24) is 0 Å². The fourth-order valence-corrected chi connectivity index (χ4v) is 9.33. The van der Waals surface area contributed by atoms with Crippen molar-refractivity contribution in [2.45, 2.75) is 70.8 Å². The van der Waals surface area contributed by atoms with Gasteiger partial charge in [0, 0.05) is 13.0 Å². The predicted molar refractivity (Wildman–Crippen MR) is 103 cm³/mol. The van der Waals surface area contributed by atoms with Crippen LogP contribution in [0.2, 0.25) is 0 Å². The first kappa shape index (κ1) is 17.2. The summed E-state index contributed by atoms with van der Waals surface area (Å²) in [5.41, 5.74) is 1.22. The number of hydrogen-bond donors (Lipinski definition) is 2. The second kappa shape index (κ2) is 5.08. The Morgan fingerprint density at radius 2 is 1.96 bits per heavy atom. The molecule has 2 N–H and O–H groups in total. The van der Waals surface area contributed by atoms with Gasteiger partial charge in [-0.05, 0) is 103 Å². The van der Waals surface area contributed by atoms with Gasteiger partial charge in [0.2, 0.25) is 0 Å². The van der Waals surface area contributed by atoms with E-state index in [1.54, 1.807) is 0 Å². The topological polar surface area (TPSA) is 57.5 Å². The van der Waals surface area contributed by atoms with Crippen molar-refractivity contribution in [2.75, 3.05) is 6.61 Å². The van der Waals surface area contributed by atoms with Crippen molar-refractivity contribution in [3.8, 4) is 0 Å². The number of aliphatic hydroxyl groups is 2. The van der Waals surface area contributed by atoms with Gasteiger partial charge in [0.25, 0.3) is 0 Å². The van der Waals surface area contributed by atoms with Crippen LogP contribution in [-0.2, 0) is 4.79 Å². The zero-order chi connectivity index (χ0) is 18.8.